The SMILES string of the molecule is COC(=O)Nc1ccc(CNC(=O)C2CCN(C(=O)C3CC3)CC2)cc1. The molecule has 0 atom stereocenters. The fourth-order valence-electron chi connectivity index (χ4n) is 3.16. The second-order valence-electron chi connectivity index (χ2n) is 6.91. The Labute approximate surface area is 153 Å². The van der Waals surface area contributed by atoms with E-state index in [2.05, 4.69) is 15.4 Å². The van der Waals surface area contributed by atoms with Crippen LogP contribution in [0.3, 0.4) is 0 Å². The van der Waals surface area contributed by atoms with Gasteiger partial charge >= 0.3 is 6.09 Å². The van der Waals surface area contributed by atoms with Crippen molar-refractivity contribution in [2.24, 2.45) is 11.8 Å². The van der Waals surface area contributed by atoms with Gasteiger partial charge in [-0.25, -0.2) is 4.79 Å². The summed E-state index contributed by atoms with van der Waals surface area (Å²) in [7, 11) is 1.31. The van der Waals surface area contributed by atoms with Crippen LogP contribution in [-0.4, -0.2) is 43.0 Å². The molecule has 140 valence electrons. The fraction of sp³-hybridized carbons (Fsp3) is 0.526. The molecule has 26 heavy (non-hydrogen) atoms. The number of carbonyl (C=O) groups excluding carboxylic acids is 3. The first kappa shape index (κ1) is 18.2. The van der Waals surface area contributed by atoms with Gasteiger partial charge < -0.3 is 15.0 Å². The first-order valence-electron chi connectivity index (χ1n) is 9.07. The topological polar surface area (TPSA) is 87.7 Å². The van der Waals surface area contributed by atoms with Crippen molar-refractivity contribution in [3.05, 3.63) is 29.8 Å². The van der Waals surface area contributed by atoms with Gasteiger partial charge in [0.15, 0.2) is 0 Å². The van der Waals surface area contributed by atoms with Crippen LogP contribution >= 0.6 is 0 Å². The van der Waals surface area contributed by atoms with Gasteiger partial charge in [-0.05, 0) is 43.4 Å². The first-order valence-corrected chi connectivity index (χ1v) is 9.07. The molecule has 1 aromatic rings. The third-order valence-electron chi connectivity index (χ3n) is 4.96. The quantitative estimate of drug-likeness (QED) is 0.843. The number of amides is 3. The summed E-state index contributed by atoms with van der Waals surface area (Å²) in [4.78, 5) is 37.5. The summed E-state index contributed by atoms with van der Waals surface area (Å²) in [5.74, 6) is 0.528. The van der Waals surface area contributed by atoms with Crippen LogP contribution in [0.5, 0.6) is 0 Å². The van der Waals surface area contributed by atoms with Gasteiger partial charge in [-0.3, -0.25) is 14.9 Å². The number of ether oxygens (including phenoxy) is 1. The number of nitrogens with one attached hydrogen (secondary N) is 2. The van der Waals surface area contributed by atoms with Crippen LogP contribution in [0.1, 0.15) is 31.2 Å². The number of likely N-dealkylation sites (tertiary alicyclic amines) is 1. The monoisotopic (exact) mass is 359 g/mol. The smallest absolute Gasteiger partial charge is 0.411 e. The van der Waals surface area contributed by atoms with Crippen molar-refractivity contribution >= 4 is 23.6 Å². The van der Waals surface area contributed by atoms with E-state index in [1.807, 2.05) is 17.0 Å². The number of carbonyl (C=O) groups is 3. The second kappa shape index (κ2) is 8.21. The second-order valence-corrected chi connectivity index (χ2v) is 6.91. The van der Waals surface area contributed by atoms with Gasteiger partial charge in [-0.1, -0.05) is 12.1 Å². The molecule has 0 unspecified atom stereocenters. The highest BCUT2D eigenvalue weighted by molar-refractivity contribution is 5.84. The van der Waals surface area contributed by atoms with Gasteiger partial charge in [0, 0.05) is 37.2 Å². The van der Waals surface area contributed by atoms with E-state index in [1.165, 1.54) is 7.11 Å². The van der Waals surface area contributed by atoms with E-state index in [9.17, 15) is 14.4 Å². The van der Waals surface area contributed by atoms with Crippen molar-refractivity contribution in [3.63, 3.8) is 0 Å². The van der Waals surface area contributed by atoms with Crippen molar-refractivity contribution < 1.29 is 19.1 Å². The van der Waals surface area contributed by atoms with E-state index in [0.717, 1.165) is 31.2 Å². The molecule has 2 aliphatic rings. The minimum absolute atomic E-state index is 0.0292. The Hall–Kier alpha value is -2.57. The Kier molecular flexibility index (Phi) is 5.75. The number of hydrogen-bond donors (Lipinski definition) is 2. The molecule has 1 saturated carbocycles. The standard InChI is InChI=1S/C19H25N3O4/c1-26-19(25)21-16-6-2-13(3-7-16)12-20-17(23)14-8-10-22(11-9-14)18(24)15-4-5-15/h2-3,6-7,14-15H,4-5,8-12H2,1H3,(H,20,23)(H,21,25). The number of piperidine rings is 1. The van der Waals surface area contributed by atoms with Crippen molar-refractivity contribution in [3.8, 4) is 0 Å². The van der Waals surface area contributed by atoms with Crippen LogP contribution in [0.15, 0.2) is 24.3 Å². The summed E-state index contributed by atoms with van der Waals surface area (Å²) in [5, 5.41) is 5.55. The molecule has 1 aliphatic carbocycles. The molecular weight excluding hydrogens is 334 g/mol. The molecule has 2 N–H and O–H groups in total. The molecule has 0 aromatic heterocycles. The number of rotatable bonds is 5. The van der Waals surface area contributed by atoms with E-state index in [-0.39, 0.29) is 23.7 Å². The van der Waals surface area contributed by atoms with Gasteiger partial charge in [0.1, 0.15) is 0 Å². The maximum atomic E-state index is 12.4. The highest BCUT2D eigenvalue weighted by Crippen LogP contribution is 2.32. The lowest BCUT2D eigenvalue weighted by Crippen LogP contribution is -2.43. The summed E-state index contributed by atoms with van der Waals surface area (Å²) in [6.45, 7) is 1.81. The molecule has 0 radical (unpaired) electrons. The highest BCUT2D eigenvalue weighted by Gasteiger charge is 2.35. The zero-order valence-corrected chi connectivity index (χ0v) is 15.0. The predicted octanol–water partition coefficient (Wildman–Crippen LogP) is 2.13. The molecular formula is C19H25N3O4. The van der Waals surface area contributed by atoms with E-state index in [0.29, 0.717) is 25.3 Å². The van der Waals surface area contributed by atoms with Gasteiger partial charge in [0.2, 0.25) is 11.8 Å². The zero-order valence-electron chi connectivity index (χ0n) is 15.0. The number of anilines is 1. The highest BCUT2D eigenvalue weighted by atomic mass is 16.5. The molecule has 1 aliphatic heterocycles. The molecule has 0 spiro atoms. The summed E-state index contributed by atoms with van der Waals surface area (Å²) >= 11 is 0. The van der Waals surface area contributed by atoms with Crippen molar-refractivity contribution in [2.75, 3.05) is 25.5 Å². The van der Waals surface area contributed by atoms with Crippen LogP contribution < -0.4 is 10.6 Å². The Balaban J connectivity index is 1.41. The number of nitrogens with zero attached hydrogens (tertiary/aromatic N) is 1. The van der Waals surface area contributed by atoms with E-state index in [1.54, 1.807) is 12.1 Å². The average Bonchev–Trinajstić information content (AvgIpc) is 3.52. The molecule has 1 heterocycles. The molecule has 1 aromatic carbocycles. The van der Waals surface area contributed by atoms with Gasteiger partial charge in [0.05, 0.1) is 7.11 Å². The minimum Gasteiger partial charge on any atom is -0.453 e. The third kappa shape index (κ3) is 4.74. The third-order valence-corrected chi connectivity index (χ3v) is 4.96. The number of methoxy groups -OCH3 is 1. The molecule has 3 amide bonds. The lowest BCUT2D eigenvalue weighted by molar-refractivity contribution is -0.136. The van der Waals surface area contributed by atoms with Crippen LogP contribution in [-0.2, 0) is 20.9 Å². The van der Waals surface area contributed by atoms with Gasteiger partial charge in [-0.2, -0.15) is 0 Å². The zero-order chi connectivity index (χ0) is 18.5. The maximum absolute atomic E-state index is 12.4. The molecule has 1 saturated heterocycles. The average molecular weight is 359 g/mol. The van der Waals surface area contributed by atoms with E-state index < -0.39 is 6.09 Å². The molecule has 0 bridgehead atoms. The lowest BCUT2D eigenvalue weighted by Gasteiger charge is -2.31. The number of hydrogen-bond acceptors (Lipinski definition) is 4. The predicted molar refractivity (Wildman–Crippen MR) is 96.3 cm³/mol. The van der Waals surface area contributed by atoms with Crippen LogP contribution in [0.25, 0.3) is 0 Å². The van der Waals surface area contributed by atoms with Crippen molar-refractivity contribution in [1.82, 2.24) is 10.2 Å². The maximum Gasteiger partial charge on any atom is 0.411 e. The summed E-state index contributed by atoms with van der Waals surface area (Å²) < 4.78 is 4.54. The fourth-order valence-corrected chi connectivity index (χ4v) is 3.16. The van der Waals surface area contributed by atoms with Gasteiger partial charge in [0.25, 0.3) is 0 Å². The van der Waals surface area contributed by atoms with Gasteiger partial charge in [-0.15, -0.1) is 0 Å². The minimum atomic E-state index is -0.516. The molecule has 2 fully saturated rings. The Morgan fingerprint density at radius 2 is 1.69 bits per heavy atom. The summed E-state index contributed by atoms with van der Waals surface area (Å²) in [6, 6.07) is 7.23. The summed E-state index contributed by atoms with van der Waals surface area (Å²) in [6.07, 6.45) is 2.98. The largest absolute Gasteiger partial charge is 0.453 e. The van der Waals surface area contributed by atoms with Crippen LogP contribution in [0, 0.1) is 11.8 Å². The van der Waals surface area contributed by atoms with Crippen molar-refractivity contribution in [1.29, 1.82) is 0 Å². The normalized spacial score (nSPS) is 17.5. The van der Waals surface area contributed by atoms with Crippen LogP contribution in [0.2, 0.25) is 0 Å². The number of benzene rings is 1. The van der Waals surface area contributed by atoms with Crippen LogP contribution in [0.4, 0.5) is 10.5 Å². The Morgan fingerprint density at radius 3 is 2.27 bits per heavy atom. The molecule has 7 heteroatoms. The lowest BCUT2D eigenvalue weighted by atomic mass is 9.95. The Morgan fingerprint density at radius 1 is 1.04 bits per heavy atom. The molecule has 7 nitrogen and oxygen atoms in total. The summed E-state index contributed by atoms with van der Waals surface area (Å²) in [5.41, 5.74) is 1.59. The van der Waals surface area contributed by atoms with E-state index in [4.69, 9.17) is 0 Å². The molecule has 3 rings (SSSR count). The first-order chi connectivity index (χ1) is 12.6. The van der Waals surface area contributed by atoms with E-state index >= 15 is 0 Å². The van der Waals surface area contributed by atoms with Crippen molar-refractivity contribution in [2.45, 2.75) is 32.2 Å². The Bertz CT molecular complexity index is 662.